The molecule has 3 heteroatoms. The van der Waals surface area contributed by atoms with Crippen molar-refractivity contribution in [2.24, 2.45) is 0 Å². The van der Waals surface area contributed by atoms with E-state index in [4.69, 9.17) is 0 Å². The molecule has 0 aromatic carbocycles. The summed E-state index contributed by atoms with van der Waals surface area (Å²) in [6.45, 7) is 4.41. The van der Waals surface area contributed by atoms with Crippen molar-refractivity contribution in [2.45, 2.75) is 18.9 Å². The van der Waals surface area contributed by atoms with Crippen molar-refractivity contribution >= 4 is 0 Å². The Bertz CT molecular complexity index is 106. The minimum atomic E-state index is 0.551. The van der Waals surface area contributed by atoms with Gasteiger partial charge in [0.25, 0.3) is 0 Å². The zero-order valence-corrected chi connectivity index (χ0v) is 8.21. The molecule has 0 amide bonds. The first-order valence-electron chi connectivity index (χ1n) is 4.81. The quantitative estimate of drug-likeness (QED) is 0.641. The van der Waals surface area contributed by atoms with Gasteiger partial charge in [0.15, 0.2) is 0 Å². The van der Waals surface area contributed by atoms with Gasteiger partial charge < -0.3 is 10.2 Å². The molecule has 1 unspecified atom stereocenters. The lowest BCUT2D eigenvalue weighted by Crippen LogP contribution is -2.33. The molecule has 71 valence electrons. The predicted molar refractivity (Wildman–Crippen MR) is 51.4 cm³/mol. The molecule has 0 spiro atoms. The van der Waals surface area contributed by atoms with Crippen LogP contribution < -0.4 is 10.6 Å². The van der Waals surface area contributed by atoms with Crippen molar-refractivity contribution in [1.29, 1.82) is 0 Å². The van der Waals surface area contributed by atoms with Gasteiger partial charge in [0.1, 0.15) is 0 Å². The fourth-order valence-corrected chi connectivity index (χ4v) is 1.41. The van der Waals surface area contributed by atoms with E-state index in [0.717, 1.165) is 26.2 Å². The molecular weight excluding hydrogens is 150 g/mol. The minimum absolute atomic E-state index is 0.551. The summed E-state index contributed by atoms with van der Waals surface area (Å²) in [5, 5.41) is 8.01. The van der Waals surface area contributed by atoms with E-state index in [1.54, 1.807) is 0 Å². The van der Waals surface area contributed by atoms with Crippen molar-refractivity contribution in [2.75, 3.05) is 40.3 Å². The van der Waals surface area contributed by atoms with Crippen LogP contribution in [0.5, 0.6) is 0 Å². The van der Waals surface area contributed by atoms with E-state index in [0.29, 0.717) is 6.04 Å². The minimum Gasteiger partial charge on any atom is -0.315 e. The molecular formula is C9H20N3. The normalized spacial score (nSPS) is 25.8. The number of nitrogens with one attached hydrogen (secondary N) is 1. The van der Waals surface area contributed by atoms with Crippen LogP contribution >= 0.6 is 0 Å². The Hall–Kier alpha value is -0.120. The van der Waals surface area contributed by atoms with Gasteiger partial charge in [-0.3, -0.25) is 0 Å². The molecule has 0 aromatic heterocycles. The lowest BCUT2D eigenvalue weighted by Gasteiger charge is -2.16. The Labute approximate surface area is 75.5 Å². The van der Waals surface area contributed by atoms with Gasteiger partial charge >= 0.3 is 0 Å². The first-order chi connectivity index (χ1) is 5.79. The van der Waals surface area contributed by atoms with Crippen molar-refractivity contribution in [3.8, 4) is 0 Å². The highest BCUT2D eigenvalue weighted by molar-refractivity contribution is 4.73. The van der Waals surface area contributed by atoms with Crippen LogP contribution in [0, 0.1) is 0 Å². The van der Waals surface area contributed by atoms with Crippen LogP contribution in [-0.2, 0) is 0 Å². The molecule has 1 atom stereocenters. The number of hydrogen-bond acceptors (Lipinski definition) is 2. The summed E-state index contributed by atoms with van der Waals surface area (Å²) < 4.78 is 0. The van der Waals surface area contributed by atoms with Gasteiger partial charge in [-0.1, -0.05) is 0 Å². The molecule has 0 aromatic rings. The predicted octanol–water partition coefficient (Wildman–Crippen LogP) is -0.0956. The molecule has 0 bridgehead atoms. The highest BCUT2D eigenvalue weighted by atomic mass is 15.1. The lowest BCUT2D eigenvalue weighted by atomic mass is 10.2. The second kappa shape index (κ2) is 5.51. The average molecular weight is 170 g/mol. The second-order valence-corrected chi connectivity index (χ2v) is 3.71. The highest BCUT2D eigenvalue weighted by Gasteiger charge is 2.11. The van der Waals surface area contributed by atoms with Gasteiger partial charge in [-0.05, 0) is 40.0 Å². The topological polar surface area (TPSA) is 29.4 Å². The largest absolute Gasteiger partial charge is 0.315 e. The first kappa shape index (κ1) is 9.96. The summed E-state index contributed by atoms with van der Waals surface area (Å²) >= 11 is 0. The third kappa shape index (κ3) is 4.04. The zero-order valence-electron chi connectivity index (χ0n) is 8.21. The first-order valence-corrected chi connectivity index (χ1v) is 4.81. The van der Waals surface area contributed by atoms with Crippen molar-refractivity contribution < 1.29 is 0 Å². The molecule has 1 rings (SSSR count). The van der Waals surface area contributed by atoms with Crippen molar-refractivity contribution in [1.82, 2.24) is 15.5 Å². The second-order valence-electron chi connectivity index (χ2n) is 3.71. The Morgan fingerprint density at radius 2 is 2.33 bits per heavy atom. The van der Waals surface area contributed by atoms with Crippen LogP contribution in [0.15, 0.2) is 0 Å². The van der Waals surface area contributed by atoms with Gasteiger partial charge in [-0.15, -0.1) is 0 Å². The van der Waals surface area contributed by atoms with E-state index in [1.165, 1.54) is 12.8 Å². The van der Waals surface area contributed by atoms with E-state index < -0.39 is 0 Å². The molecule has 0 saturated carbocycles. The third-order valence-electron chi connectivity index (χ3n) is 2.19. The summed E-state index contributed by atoms with van der Waals surface area (Å²) in [7, 11) is 4.23. The van der Waals surface area contributed by atoms with Crippen molar-refractivity contribution in [3.63, 3.8) is 0 Å². The molecule has 12 heavy (non-hydrogen) atoms. The van der Waals surface area contributed by atoms with Crippen LogP contribution in [0.2, 0.25) is 0 Å². The Balaban J connectivity index is 2.12. The number of rotatable bonds is 3. The van der Waals surface area contributed by atoms with Gasteiger partial charge in [0, 0.05) is 19.1 Å². The Morgan fingerprint density at radius 1 is 1.50 bits per heavy atom. The summed E-state index contributed by atoms with van der Waals surface area (Å²) in [6, 6.07) is 0.551. The smallest absolute Gasteiger partial charge is 0.0382 e. The maximum atomic E-state index is 4.61. The summed E-state index contributed by atoms with van der Waals surface area (Å²) in [4.78, 5) is 2.22. The zero-order chi connectivity index (χ0) is 8.81. The maximum absolute atomic E-state index is 4.61. The summed E-state index contributed by atoms with van der Waals surface area (Å²) in [5.74, 6) is 0. The molecule has 0 aliphatic carbocycles. The maximum Gasteiger partial charge on any atom is 0.0382 e. The highest BCUT2D eigenvalue weighted by Crippen LogP contribution is 1.97. The van der Waals surface area contributed by atoms with Crippen LogP contribution in [0.3, 0.4) is 0 Å². The number of hydrogen-bond donors (Lipinski definition) is 1. The molecule has 1 radical (unpaired) electrons. The summed E-state index contributed by atoms with van der Waals surface area (Å²) in [6.07, 6.45) is 2.40. The van der Waals surface area contributed by atoms with E-state index in [-0.39, 0.29) is 0 Å². The fraction of sp³-hybridized carbons (Fsp3) is 1.00. The average Bonchev–Trinajstić information content (AvgIpc) is 2.28. The van der Waals surface area contributed by atoms with E-state index >= 15 is 0 Å². The Morgan fingerprint density at radius 3 is 3.08 bits per heavy atom. The molecule has 1 saturated heterocycles. The summed E-state index contributed by atoms with van der Waals surface area (Å²) in [5.41, 5.74) is 0. The molecule has 1 fully saturated rings. The van der Waals surface area contributed by atoms with Gasteiger partial charge in [0.2, 0.25) is 0 Å². The van der Waals surface area contributed by atoms with E-state index in [2.05, 4.69) is 29.6 Å². The van der Waals surface area contributed by atoms with Crippen LogP contribution in [-0.4, -0.2) is 51.2 Å². The van der Waals surface area contributed by atoms with E-state index in [1.807, 2.05) is 0 Å². The Kier molecular flexibility index (Phi) is 4.58. The standard InChI is InChI=1S/C9H20N3/c1-12(2)7-4-9-8-10-5-3-6-11-9/h9-10H,3-8H2,1-2H3. The molecule has 1 heterocycles. The fourth-order valence-electron chi connectivity index (χ4n) is 1.41. The van der Waals surface area contributed by atoms with Gasteiger partial charge in [0.05, 0.1) is 0 Å². The molecule has 3 nitrogen and oxygen atoms in total. The molecule has 1 aliphatic rings. The van der Waals surface area contributed by atoms with Crippen molar-refractivity contribution in [3.05, 3.63) is 0 Å². The molecule has 1 aliphatic heterocycles. The third-order valence-corrected chi connectivity index (χ3v) is 2.19. The lowest BCUT2D eigenvalue weighted by molar-refractivity contribution is 0.358. The van der Waals surface area contributed by atoms with Gasteiger partial charge in [-0.2, -0.15) is 0 Å². The van der Waals surface area contributed by atoms with Crippen LogP contribution in [0.4, 0.5) is 0 Å². The molecule has 1 N–H and O–H groups in total. The van der Waals surface area contributed by atoms with Crippen LogP contribution in [0.1, 0.15) is 12.8 Å². The number of nitrogens with zero attached hydrogens (tertiary/aromatic N) is 2. The SMILES string of the molecule is CN(C)CCC1CNCCC[N]1. The van der Waals surface area contributed by atoms with Crippen LogP contribution in [0.25, 0.3) is 0 Å². The van der Waals surface area contributed by atoms with Gasteiger partial charge in [-0.25, -0.2) is 5.32 Å². The van der Waals surface area contributed by atoms with E-state index in [9.17, 15) is 0 Å². The monoisotopic (exact) mass is 170 g/mol.